The molecule has 0 saturated carbocycles. The first-order valence-corrected chi connectivity index (χ1v) is 8.34. The predicted octanol–water partition coefficient (Wildman–Crippen LogP) is 3.67. The van der Waals surface area contributed by atoms with Gasteiger partial charge in [-0.25, -0.2) is 4.79 Å². The number of anilines is 2. The molecule has 0 bridgehead atoms. The third-order valence-corrected chi connectivity index (χ3v) is 3.69. The normalized spacial score (nSPS) is 11.3. The van der Waals surface area contributed by atoms with Crippen LogP contribution in [0.3, 0.4) is 0 Å². The second kappa shape index (κ2) is 8.07. The van der Waals surface area contributed by atoms with Crippen LogP contribution in [-0.2, 0) is 22.3 Å². The first-order valence-electron chi connectivity index (χ1n) is 8.34. The fourth-order valence-electron chi connectivity index (χ4n) is 2.43. The molecule has 0 unspecified atom stereocenters. The molecule has 28 heavy (non-hydrogen) atoms. The highest BCUT2D eigenvalue weighted by Crippen LogP contribution is 2.32. The summed E-state index contributed by atoms with van der Waals surface area (Å²) in [6.07, 6.45) is -4.39. The van der Waals surface area contributed by atoms with E-state index < -0.39 is 17.7 Å². The summed E-state index contributed by atoms with van der Waals surface area (Å²) in [4.78, 5) is 12.6. The van der Waals surface area contributed by atoms with Gasteiger partial charge in [-0.3, -0.25) is 0 Å². The third kappa shape index (κ3) is 4.64. The molecule has 3 rings (SSSR count). The molecular formula is C18H16F3N5O2. The maximum absolute atomic E-state index is 12.7. The summed E-state index contributed by atoms with van der Waals surface area (Å²) in [7, 11) is 0. The van der Waals surface area contributed by atoms with Crippen molar-refractivity contribution in [2.24, 2.45) is 0 Å². The summed E-state index contributed by atoms with van der Waals surface area (Å²) in [6.45, 7) is 1.77. The molecule has 0 aliphatic heterocycles. The van der Waals surface area contributed by atoms with E-state index in [1.807, 2.05) is 0 Å². The van der Waals surface area contributed by atoms with Crippen molar-refractivity contribution in [3.8, 4) is 11.4 Å². The number of para-hydroxylation sites is 1. The molecule has 10 heteroatoms. The van der Waals surface area contributed by atoms with Crippen molar-refractivity contribution in [3.05, 3.63) is 54.1 Å². The number of nitrogens with zero attached hydrogens (tertiary/aromatic N) is 4. The lowest BCUT2D eigenvalue weighted by atomic mass is 10.1. The average Bonchev–Trinajstić information content (AvgIpc) is 3.10. The molecular weight excluding hydrogens is 375 g/mol. The van der Waals surface area contributed by atoms with Gasteiger partial charge in [-0.05, 0) is 48.5 Å². The predicted molar refractivity (Wildman–Crippen MR) is 94.6 cm³/mol. The van der Waals surface area contributed by atoms with Crippen molar-refractivity contribution in [1.82, 2.24) is 20.2 Å². The quantitative estimate of drug-likeness (QED) is 0.646. The van der Waals surface area contributed by atoms with Crippen LogP contribution < -0.4 is 5.32 Å². The minimum Gasteiger partial charge on any atom is -0.465 e. The molecule has 0 amide bonds. The Kier molecular flexibility index (Phi) is 5.57. The van der Waals surface area contributed by atoms with Crippen LogP contribution in [0.4, 0.5) is 24.5 Å². The first-order chi connectivity index (χ1) is 13.4. The fraction of sp³-hybridized carbons (Fsp3) is 0.222. The maximum Gasteiger partial charge on any atom is 0.416 e. The number of tetrazole rings is 1. The largest absolute Gasteiger partial charge is 0.465 e. The second-order valence-corrected chi connectivity index (χ2v) is 5.69. The van der Waals surface area contributed by atoms with Gasteiger partial charge in [-0.1, -0.05) is 12.1 Å². The number of rotatable bonds is 6. The van der Waals surface area contributed by atoms with E-state index in [-0.39, 0.29) is 19.0 Å². The molecule has 146 valence electrons. The second-order valence-electron chi connectivity index (χ2n) is 5.69. The van der Waals surface area contributed by atoms with E-state index in [1.54, 1.807) is 31.2 Å². The number of ether oxygens (including phenoxy) is 1. The van der Waals surface area contributed by atoms with E-state index in [4.69, 9.17) is 4.74 Å². The summed E-state index contributed by atoms with van der Waals surface area (Å²) < 4.78 is 42.9. The van der Waals surface area contributed by atoms with Gasteiger partial charge < -0.3 is 10.1 Å². The van der Waals surface area contributed by atoms with Gasteiger partial charge in [0.1, 0.15) is 0 Å². The summed E-state index contributed by atoms with van der Waals surface area (Å²) >= 11 is 0. The Morgan fingerprint density at radius 3 is 2.54 bits per heavy atom. The highest BCUT2D eigenvalue weighted by atomic mass is 19.4. The number of nitrogens with one attached hydrogen (secondary N) is 1. The van der Waals surface area contributed by atoms with Crippen LogP contribution in [0.25, 0.3) is 11.4 Å². The van der Waals surface area contributed by atoms with E-state index in [2.05, 4.69) is 20.7 Å². The van der Waals surface area contributed by atoms with E-state index in [1.165, 1.54) is 12.1 Å². The number of benzene rings is 2. The zero-order valence-electron chi connectivity index (χ0n) is 14.8. The highest BCUT2D eigenvalue weighted by Gasteiger charge is 2.29. The molecule has 1 heterocycles. The molecule has 1 N–H and O–H groups in total. The number of hydrogen-bond donors (Lipinski definition) is 1. The van der Waals surface area contributed by atoms with E-state index >= 15 is 0 Å². The average molecular weight is 391 g/mol. The summed E-state index contributed by atoms with van der Waals surface area (Å²) in [5.74, 6) is -0.220. The highest BCUT2D eigenvalue weighted by molar-refractivity contribution is 5.77. The number of esters is 1. The Morgan fingerprint density at radius 2 is 1.86 bits per heavy atom. The molecule has 0 saturated heterocycles. The summed E-state index contributed by atoms with van der Waals surface area (Å²) in [6, 6.07) is 11.7. The molecule has 1 aromatic heterocycles. The van der Waals surface area contributed by atoms with Gasteiger partial charge in [0.2, 0.25) is 5.82 Å². The molecule has 0 spiro atoms. The van der Waals surface area contributed by atoms with Crippen molar-refractivity contribution >= 4 is 17.3 Å². The Labute approximate surface area is 158 Å². The molecule has 0 atom stereocenters. The Hall–Kier alpha value is -3.43. The lowest BCUT2D eigenvalue weighted by Gasteiger charge is -2.11. The van der Waals surface area contributed by atoms with Crippen LogP contribution in [0, 0.1) is 0 Å². The molecule has 0 fully saturated rings. The Bertz CT molecular complexity index is 954. The molecule has 0 aliphatic carbocycles. The zero-order valence-corrected chi connectivity index (χ0v) is 14.8. The van der Waals surface area contributed by atoms with Gasteiger partial charge in [-0.2, -0.15) is 18.0 Å². The van der Waals surface area contributed by atoms with Crippen LogP contribution in [0.2, 0.25) is 0 Å². The Morgan fingerprint density at radius 1 is 1.14 bits per heavy atom. The van der Waals surface area contributed by atoms with E-state index in [0.29, 0.717) is 16.9 Å². The third-order valence-electron chi connectivity index (χ3n) is 3.69. The lowest BCUT2D eigenvalue weighted by molar-refractivity contribution is -0.144. The maximum atomic E-state index is 12.7. The topological polar surface area (TPSA) is 81.9 Å². The number of carbonyl (C=O) groups is 1. The van der Waals surface area contributed by atoms with Crippen LogP contribution in [0.15, 0.2) is 48.5 Å². The number of hydrogen-bond acceptors (Lipinski definition) is 6. The standard InChI is InChI=1S/C18H16F3N5O2/c1-2-28-16(27)11-26-24-17(23-25-26)14-5-3-4-6-15(14)22-13-9-7-12(8-10-13)18(19,20)21/h3-10,22H,2,11H2,1H3. The van der Waals surface area contributed by atoms with Crippen LogP contribution in [0.1, 0.15) is 12.5 Å². The summed E-state index contributed by atoms with van der Waals surface area (Å²) in [5, 5.41) is 15.0. The van der Waals surface area contributed by atoms with Crippen molar-refractivity contribution < 1.29 is 22.7 Å². The van der Waals surface area contributed by atoms with Gasteiger partial charge in [0.15, 0.2) is 6.54 Å². The van der Waals surface area contributed by atoms with Gasteiger partial charge >= 0.3 is 12.1 Å². The van der Waals surface area contributed by atoms with Crippen LogP contribution in [0.5, 0.6) is 0 Å². The number of alkyl halides is 3. The summed E-state index contributed by atoms with van der Waals surface area (Å²) in [5.41, 5.74) is 0.907. The lowest BCUT2D eigenvalue weighted by Crippen LogP contribution is -2.15. The van der Waals surface area contributed by atoms with E-state index in [9.17, 15) is 18.0 Å². The van der Waals surface area contributed by atoms with Crippen LogP contribution in [-0.4, -0.2) is 32.8 Å². The minimum absolute atomic E-state index is 0.171. The smallest absolute Gasteiger partial charge is 0.416 e. The molecule has 7 nitrogen and oxygen atoms in total. The molecule has 0 radical (unpaired) electrons. The van der Waals surface area contributed by atoms with Gasteiger partial charge in [0.05, 0.1) is 12.2 Å². The molecule has 2 aromatic carbocycles. The number of halogens is 3. The van der Waals surface area contributed by atoms with Crippen molar-refractivity contribution in [2.75, 3.05) is 11.9 Å². The van der Waals surface area contributed by atoms with Crippen LogP contribution >= 0.6 is 0 Å². The number of aromatic nitrogens is 4. The minimum atomic E-state index is -4.39. The van der Waals surface area contributed by atoms with Crippen molar-refractivity contribution in [2.45, 2.75) is 19.6 Å². The zero-order chi connectivity index (χ0) is 20.1. The first kappa shape index (κ1) is 19.3. The SMILES string of the molecule is CCOC(=O)Cn1nnc(-c2ccccc2Nc2ccc(C(F)(F)F)cc2)n1. The van der Waals surface area contributed by atoms with Gasteiger partial charge in [-0.15, -0.1) is 10.2 Å². The number of carbonyl (C=O) groups excluding carboxylic acids is 1. The fourth-order valence-corrected chi connectivity index (χ4v) is 2.43. The Balaban J connectivity index is 1.80. The van der Waals surface area contributed by atoms with Crippen molar-refractivity contribution in [3.63, 3.8) is 0 Å². The van der Waals surface area contributed by atoms with Gasteiger partial charge in [0.25, 0.3) is 0 Å². The monoisotopic (exact) mass is 391 g/mol. The molecule has 3 aromatic rings. The van der Waals surface area contributed by atoms with E-state index in [0.717, 1.165) is 16.9 Å². The van der Waals surface area contributed by atoms with Crippen molar-refractivity contribution in [1.29, 1.82) is 0 Å². The van der Waals surface area contributed by atoms with Gasteiger partial charge in [0, 0.05) is 16.9 Å². The molecule has 0 aliphatic rings.